The van der Waals surface area contributed by atoms with Gasteiger partial charge in [-0.1, -0.05) is 164 Å². The minimum atomic E-state index is 0.0536. The van der Waals surface area contributed by atoms with E-state index < -0.39 is 0 Å². The van der Waals surface area contributed by atoms with E-state index in [9.17, 15) is 0 Å². The molecule has 1 aliphatic heterocycles. The minimum absolute atomic E-state index is 0.0536. The summed E-state index contributed by atoms with van der Waals surface area (Å²) in [5.41, 5.74) is 9.93. The monoisotopic (exact) mass is 652 g/mol. The van der Waals surface area contributed by atoms with Crippen molar-refractivity contribution in [3.63, 3.8) is 0 Å². The molecule has 1 aliphatic rings. The molecule has 2 heteroatoms. The molecule has 10 rings (SSSR count). The number of allylic oxidation sites excluding steroid dienone is 2. The van der Waals surface area contributed by atoms with Crippen LogP contribution in [-0.4, -0.2) is 4.57 Å². The highest BCUT2D eigenvalue weighted by molar-refractivity contribution is 6.35. The van der Waals surface area contributed by atoms with Gasteiger partial charge in [0.25, 0.3) is 0 Å². The number of rotatable bonds is 4. The van der Waals surface area contributed by atoms with Crippen LogP contribution in [0.1, 0.15) is 35.6 Å². The third-order valence-corrected chi connectivity index (χ3v) is 10.7. The van der Waals surface area contributed by atoms with Crippen LogP contribution in [0.25, 0.3) is 71.1 Å². The zero-order valence-electron chi connectivity index (χ0n) is 28.3. The van der Waals surface area contributed by atoms with Crippen LogP contribution in [0.2, 0.25) is 0 Å². The van der Waals surface area contributed by atoms with Crippen LogP contribution in [0.4, 0.5) is 0 Å². The van der Waals surface area contributed by atoms with Gasteiger partial charge in [-0.3, -0.25) is 0 Å². The molecular formula is C49H36N2. The molecule has 0 fully saturated rings. The highest BCUT2D eigenvalue weighted by atomic mass is 15.0. The first-order chi connectivity index (χ1) is 25.3. The molecule has 9 aromatic rings. The van der Waals surface area contributed by atoms with Crippen LogP contribution >= 0.6 is 0 Å². The lowest BCUT2D eigenvalue weighted by Crippen LogP contribution is -2.20. The molecule has 2 nitrogen and oxygen atoms in total. The van der Waals surface area contributed by atoms with E-state index in [2.05, 4.69) is 192 Å². The van der Waals surface area contributed by atoms with Crippen molar-refractivity contribution in [1.82, 2.24) is 9.88 Å². The van der Waals surface area contributed by atoms with Crippen LogP contribution in [0.3, 0.4) is 0 Å². The molecule has 8 aromatic carbocycles. The average Bonchev–Trinajstić information content (AvgIpc) is 3.55. The molecule has 242 valence electrons. The van der Waals surface area contributed by atoms with Gasteiger partial charge in [-0.05, 0) is 80.2 Å². The second-order valence-electron chi connectivity index (χ2n) is 13.6. The summed E-state index contributed by atoms with van der Waals surface area (Å²) in [6.07, 6.45) is 6.76. The summed E-state index contributed by atoms with van der Waals surface area (Å²) in [7, 11) is 0. The Kier molecular flexibility index (Phi) is 7.06. The van der Waals surface area contributed by atoms with Crippen LogP contribution in [0.15, 0.2) is 182 Å². The fourth-order valence-electron chi connectivity index (χ4n) is 8.35. The zero-order valence-corrected chi connectivity index (χ0v) is 28.3. The molecule has 1 N–H and O–H groups in total. The molecule has 1 atom stereocenters. The van der Waals surface area contributed by atoms with E-state index in [-0.39, 0.29) is 6.04 Å². The first kappa shape index (κ1) is 29.5. The SMILES string of the molecule is C1=C(/c2ccccc2)CC/C=C(\c2ccc(-n3c4ccc5ccccc5c4c4c5ccccc5c5ccccc5c43)cc2)NC/1c1ccccc1. The van der Waals surface area contributed by atoms with Crippen LogP contribution in [-0.2, 0) is 0 Å². The fraction of sp³-hybridized carbons (Fsp3) is 0.0612. The smallest absolute Gasteiger partial charge is 0.0703 e. The first-order valence-electron chi connectivity index (χ1n) is 18.0. The number of benzene rings is 8. The van der Waals surface area contributed by atoms with Crippen molar-refractivity contribution in [2.24, 2.45) is 0 Å². The van der Waals surface area contributed by atoms with Crippen molar-refractivity contribution in [2.45, 2.75) is 18.9 Å². The predicted molar refractivity (Wildman–Crippen MR) is 217 cm³/mol. The fourth-order valence-corrected chi connectivity index (χ4v) is 8.35. The standard InChI is InChI=1S/C49H36N2/c1-3-14-33(15-4-1)37-19-13-25-44(50-45(32-37)35-17-5-2-6-18-35)36-26-29-38(30-27-36)51-46-31-28-34-16-7-8-20-39(34)47(46)48-42-23-11-9-21-40(42)41-22-10-12-24-43(41)49(48)51/h1-12,14-18,20-32,45,50H,13,19H2/b37-32+,44-25+. The quantitative estimate of drug-likeness (QED) is 0.187. The molecular weight excluding hydrogens is 617 g/mol. The Morgan fingerprint density at radius 3 is 1.88 bits per heavy atom. The largest absolute Gasteiger partial charge is 0.374 e. The van der Waals surface area contributed by atoms with Crippen molar-refractivity contribution >= 4 is 65.4 Å². The van der Waals surface area contributed by atoms with Crippen molar-refractivity contribution in [3.05, 3.63) is 199 Å². The molecule has 0 bridgehead atoms. The Bertz CT molecular complexity index is 2800. The van der Waals surface area contributed by atoms with Gasteiger partial charge in [-0.25, -0.2) is 0 Å². The summed E-state index contributed by atoms with van der Waals surface area (Å²) in [5, 5.41) is 14.3. The normalized spacial score (nSPS) is 17.1. The maximum Gasteiger partial charge on any atom is 0.0703 e. The van der Waals surface area contributed by atoms with Crippen molar-refractivity contribution < 1.29 is 0 Å². The lowest BCUT2D eigenvalue weighted by molar-refractivity contribution is 0.760. The number of hydrogen-bond acceptors (Lipinski definition) is 1. The van der Waals surface area contributed by atoms with Gasteiger partial charge in [0.05, 0.1) is 17.1 Å². The van der Waals surface area contributed by atoms with Crippen LogP contribution in [0.5, 0.6) is 0 Å². The van der Waals surface area contributed by atoms with E-state index in [0.717, 1.165) is 18.5 Å². The third-order valence-electron chi connectivity index (χ3n) is 10.7. The van der Waals surface area contributed by atoms with Gasteiger partial charge >= 0.3 is 0 Å². The Labute approximate surface area is 297 Å². The number of nitrogens with zero attached hydrogens (tertiary/aromatic N) is 1. The molecule has 51 heavy (non-hydrogen) atoms. The lowest BCUT2D eigenvalue weighted by Gasteiger charge is -2.24. The van der Waals surface area contributed by atoms with E-state index in [4.69, 9.17) is 0 Å². The van der Waals surface area contributed by atoms with Crippen molar-refractivity contribution in [3.8, 4) is 5.69 Å². The number of nitrogens with one attached hydrogen (secondary N) is 1. The molecule has 0 amide bonds. The molecule has 0 saturated heterocycles. The highest BCUT2D eigenvalue weighted by Gasteiger charge is 2.21. The molecule has 0 saturated carbocycles. The Hall–Kier alpha value is -6.38. The molecule has 1 unspecified atom stereocenters. The van der Waals surface area contributed by atoms with E-state index >= 15 is 0 Å². The summed E-state index contributed by atoms with van der Waals surface area (Å²) < 4.78 is 2.50. The molecule has 0 radical (unpaired) electrons. The van der Waals surface area contributed by atoms with E-state index in [0.29, 0.717) is 0 Å². The number of hydrogen-bond donors (Lipinski definition) is 1. The van der Waals surface area contributed by atoms with E-state index in [1.54, 1.807) is 0 Å². The summed E-state index contributed by atoms with van der Waals surface area (Å²) in [5.74, 6) is 0. The second-order valence-corrected chi connectivity index (χ2v) is 13.6. The van der Waals surface area contributed by atoms with Crippen LogP contribution in [0, 0.1) is 0 Å². The molecule has 0 aliphatic carbocycles. The first-order valence-corrected chi connectivity index (χ1v) is 18.0. The predicted octanol–water partition coefficient (Wildman–Crippen LogP) is 12.8. The lowest BCUT2D eigenvalue weighted by atomic mass is 9.93. The van der Waals surface area contributed by atoms with Gasteiger partial charge < -0.3 is 9.88 Å². The van der Waals surface area contributed by atoms with Gasteiger partial charge in [0.2, 0.25) is 0 Å². The average molecular weight is 653 g/mol. The summed E-state index contributed by atoms with van der Waals surface area (Å²) in [6.45, 7) is 0. The van der Waals surface area contributed by atoms with Crippen molar-refractivity contribution in [2.75, 3.05) is 0 Å². The highest BCUT2D eigenvalue weighted by Crippen LogP contribution is 2.44. The van der Waals surface area contributed by atoms with Gasteiger partial charge in [0.15, 0.2) is 0 Å². The topological polar surface area (TPSA) is 17.0 Å². The summed E-state index contributed by atoms with van der Waals surface area (Å²) in [6, 6.07) is 62.1. The molecule has 0 spiro atoms. The zero-order chi connectivity index (χ0) is 33.7. The second kappa shape index (κ2) is 12.2. The number of aromatic nitrogens is 1. The van der Waals surface area contributed by atoms with Crippen molar-refractivity contribution in [1.29, 1.82) is 0 Å². The van der Waals surface area contributed by atoms with Gasteiger partial charge in [-0.15, -0.1) is 0 Å². The van der Waals surface area contributed by atoms with Gasteiger partial charge in [-0.2, -0.15) is 0 Å². The molecule has 2 heterocycles. The maximum absolute atomic E-state index is 3.94. The Morgan fingerprint density at radius 1 is 0.490 bits per heavy atom. The summed E-state index contributed by atoms with van der Waals surface area (Å²) >= 11 is 0. The minimum Gasteiger partial charge on any atom is -0.374 e. The maximum atomic E-state index is 3.94. The molecule has 1 aromatic heterocycles. The summed E-state index contributed by atoms with van der Waals surface area (Å²) in [4.78, 5) is 0. The van der Waals surface area contributed by atoms with E-state index in [1.165, 1.54) is 82.1 Å². The Balaban J connectivity index is 1.14. The third kappa shape index (κ3) is 4.94. The number of fused-ring (bicyclic) bond motifs is 10. The van der Waals surface area contributed by atoms with Gasteiger partial charge in [0.1, 0.15) is 0 Å². The van der Waals surface area contributed by atoms with Crippen LogP contribution < -0.4 is 5.32 Å². The van der Waals surface area contributed by atoms with E-state index in [1.807, 2.05) is 0 Å². The Morgan fingerprint density at radius 2 is 1.12 bits per heavy atom. The van der Waals surface area contributed by atoms with Gasteiger partial charge in [0, 0.05) is 27.5 Å².